The molecule has 0 aromatic heterocycles. The minimum Gasteiger partial charge on any atom is -0.497 e. The van der Waals surface area contributed by atoms with Crippen molar-refractivity contribution in [1.29, 1.82) is 0 Å². The van der Waals surface area contributed by atoms with Crippen molar-refractivity contribution in [2.75, 3.05) is 7.11 Å². The first kappa shape index (κ1) is 14.6. The molecule has 0 fully saturated rings. The molecule has 0 bridgehead atoms. The molecule has 0 aliphatic heterocycles. The van der Waals surface area contributed by atoms with Crippen LogP contribution in [0.25, 0.3) is 0 Å². The summed E-state index contributed by atoms with van der Waals surface area (Å²) in [6.07, 6.45) is 1.04. The van der Waals surface area contributed by atoms with Crippen LogP contribution in [0.4, 0.5) is 0 Å². The van der Waals surface area contributed by atoms with Gasteiger partial charge in [-0.3, -0.25) is 0 Å². The molecule has 0 saturated heterocycles. The van der Waals surface area contributed by atoms with E-state index in [0.29, 0.717) is 12.1 Å². The minimum atomic E-state index is 0.309. The minimum absolute atomic E-state index is 0.309. The average molecular weight is 269 g/mol. The highest BCUT2D eigenvalue weighted by molar-refractivity contribution is 5.30. The number of methoxy groups -OCH3 is 1. The molecule has 0 radical (unpaired) electrons. The normalized spacial score (nSPS) is 13.8. The molecule has 2 atom stereocenters. The molecule has 0 amide bonds. The molecular formula is C18H23NO. The number of ether oxygens (including phenoxy) is 1. The molecule has 106 valence electrons. The van der Waals surface area contributed by atoms with E-state index in [4.69, 9.17) is 4.74 Å². The Morgan fingerprint density at radius 1 is 1.00 bits per heavy atom. The largest absolute Gasteiger partial charge is 0.497 e. The third kappa shape index (κ3) is 4.10. The van der Waals surface area contributed by atoms with Crippen LogP contribution in [0.15, 0.2) is 54.6 Å². The summed E-state index contributed by atoms with van der Waals surface area (Å²) < 4.78 is 5.28. The van der Waals surface area contributed by atoms with Crippen molar-refractivity contribution in [2.24, 2.45) is 0 Å². The van der Waals surface area contributed by atoms with Gasteiger partial charge in [-0.05, 0) is 43.5 Å². The standard InChI is InChI=1S/C18H23NO/c1-14(12-16-8-5-4-6-9-16)19-15(2)17-10-7-11-18(13-17)20-3/h4-11,13-15,19H,12H2,1-3H3/t14?,15-/m1/s1. The third-order valence-electron chi connectivity index (χ3n) is 3.51. The van der Waals surface area contributed by atoms with Crippen molar-refractivity contribution in [1.82, 2.24) is 5.32 Å². The van der Waals surface area contributed by atoms with Gasteiger partial charge in [0.05, 0.1) is 7.11 Å². The van der Waals surface area contributed by atoms with Crippen molar-refractivity contribution in [2.45, 2.75) is 32.4 Å². The van der Waals surface area contributed by atoms with Gasteiger partial charge in [-0.2, -0.15) is 0 Å². The number of benzene rings is 2. The van der Waals surface area contributed by atoms with E-state index in [9.17, 15) is 0 Å². The molecule has 1 N–H and O–H groups in total. The zero-order valence-electron chi connectivity index (χ0n) is 12.5. The van der Waals surface area contributed by atoms with Crippen LogP contribution >= 0.6 is 0 Å². The molecule has 2 rings (SSSR count). The van der Waals surface area contributed by atoms with Gasteiger partial charge in [-0.15, -0.1) is 0 Å². The third-order valence-corrected chi connectivity index (χ3v) is 3.51. The summed E-state index contributed by atoms with van der Waals surface area (Å²) in [7, 11) is 1.70. The smallest absolute Gasteiger partial charge is 0.119 e. The quantitative estimate of drug-likeness (QED) is 0.856. The Balaban J connectivity index is 1.94. The average Bonchev–Trinajstić information content (AvgIpc) is 2.48. The van der Waals surface area contributed by atoms with Crippen molar-refractivity contribution in [3.8, 4) is 5.75 Å². The molecule has 0 aliphatic carbocycles. The van der Waals surface area contributed by atoms with E-state index in [0.717, 1.165) is 12.2 Å². The zero-order chi connectivity index (χ0) is 14.4. The van der Waals surface area contributed by atoms with Gasteiger partial charge < -0.3 is 10.1 Å². The Hall–Kier alpha value is -1.80. The van der Waals surface area contributed by atoms with Gasteiger partial charge in [0.15, 0.2) is 0 Å². The molecule has 2 nitrogen and oxygen atoms in total. The fourth-order valence-electron chi connectivity index (χ4n) is 2.46. The van der Waals surface area contributed by atoms with E-state index < -0.39 is 0 Å². The van der Waals surface area contributed by atoms with E-state index in [-0.39, 0.29) is 0 Å². The van der Waals surface area contributed by atoms with E-state index in [1.54, 1.807) is 7.11 Å². The van der Waals surface area contributed by atoms with Crippen LogP contribution in [0.3, 0.4) is 0 Å². The highest BCUT2D eigenvalue weighted by Crippen LogP contribution is 2.19. The van der Waals surface area contributed by atoms with Crippen molar-refractivity contribution >= 4 is 0 Å². The number of rotatable bonds is 6. The molecule has 2 heteroatoms. The maximum Gasteiger partial charge on any atom is 0.119 e. The summed E-state index contributed by atoms with van der Waals surface area (Å²) in [6.45, 7) is 4.42. The lowest BCUT2D eigenvalue weighted by Gasteiger charge is -2.21. The maximum atomic E-state index is 5.28. The van der Waals surface area contributed by atoms with Gasteiger partial charge in [-0.1, -0.05) is 42.5 Å². The first-order valence-corrected chi connectivity index (χ1v) is 7.13. The Kier molecular flexibility index (Phi) is 5.19. The molecule has 1 unspecified atom stereocenters. The lowest BCUT2D eigenvalue weighted by atomic mass is 10.0. The van der Waals surface area contributed by atoms with Gasteiger partial charge in [-0.25, -0.2) is 0 Å². The SMILES string of the molecule is COc1cccc([C@@H](C)NC(C)Cc2ccccc2)c1. The van der Waals surface area contributed by atoms with Crippen LogP contribution in [-0.4, -0.2) is 13.2 Å². The molecule has 2 aromatic rings. The van der Waals surface area contributed by atoms with Crippen LogP contribution in [-0.2, 0) is 6.42 Å². The second kappa shape index (κ2) is 7.11. The van der Waals surface area contributed by atoms with Crippen LogP contribution in [0, 0.1) is 0 Å². The zero-order valence-corrected chi connectivity index (χ0v) is 12.5. The molecule has 0 spiro atoms. The van der Waals surface area contributed by atoms with E-state index in [1.165, 1.54) is 11.1 Å². The topological polar surface area (TPSA) is 21.3 Å². The van der Waals surface area contributed by atoms with E-state index >= 15 is 0 Å². The van der Waals surface area contributed by atoms with Gasteiger partial charge >= 0.3 is 0 Å². The maximum absolute atomic E-state index is 5.28. The molecular weight excluding hydrogens is 246 g/mol. The molecule has 0 aliphatic rings. The molecule has 0 saturated carbocycles. The first-order chi connectivity index (χ1) is 9.69. The van der Waals surface area contributed by atoms with Gasteiger partial charge in [0.2, 0.25) is 0 Å². The second-order valence-electron chi connectivity index (χ2n) is 5.26. The van der Waals surface area contributed by atoms with Crippen LogP contribution in [0.2, 0.25) is 0 Å². The summed E-state index contributed by atoms with van der Waals surface area (Å²) in [6, 6.07) is 19.6. The predicted octanol–water partition coefficient (Wildman–Crippen LogP) is 3.98. The van der Waals surface area contributed by atoms with Crippen molar-refractivity contribution in [3.05, 3.63) is 65.7 Å². The van der Waals surface area contributed by atoms with Gasteiger partial charge in [0.1, 0.15) is 5.75 Å². The monoisotopic (exact) mass is 269 g/mol. The van der Waals surface area contributed by atoms with Crippen LogP contribution in [0.1, 0.15) is 31.0 Å². The predicted molar refractivity (Wildman–Crippen MR) is 84.2 cm³/mol. The highest BCUT2D eigenvalue weighted by atomic mass is 16.5. The Labute approximate surface area is 121 Å². The van der Waals surface area contributed by atoms with Crippen molar-refractivity contribution in [3.63, 3.8) is 0 Å². The summed E-state index contributed by atoms with van der Waals surface area (Å²) in [4.78, 5) is 0. The Morgan fingerprint density at radius 3 is 2.45 bits per heavy atom. The fraction of sp³-hybridized carbons (Fsp3) is 0.333. The molecule has 2 aromatic carbocycles. The lowest BCUT2D eigenvalue weighted by Crippen LogP contribution is -2.30. The number of hydrogen-bond donors (Lipinski definition) is 1. The van der Waals surface area contributed by atoms with Crippen LogP contribution in [0.5, 0.6) is 5.75 Å². The van der Waals surface area contributed by atoms with Gasteiger partial charge in [0.25, 0.3) is 0 Å². The molecule has 20 heavy (non-hydrogen) atoms. The van der Waals surface area contributed by atoms with Crippen LogP contribution < -0.4 is 10.1 Å². The van der Waals surface area contributed by atoms with Gasteiger partial charge in [0, 0.05) is 12.1 Å². The summed E-state index contributed by atoms with van der Waals surface area (Å²) in [5.41, 5.74) is 2.62. The lowest BCUT2D eigenvalue weighted by molar-refractivity contribution is 0.412. The summed E-state index contributed by atoms with van der Waals surface area (Å²) in [5, 5.41) is 3.64. The Bertz CT molecular complexity index is 524. The molecule has 0 heterocycles. The fourth-order valence-corrected chi connectivity index (χ4v) is 2.46. The summed E-state index contributed by atoms with van der Waals surface area (Å²) in [5.74, 6) is 0.909. The van der Waals surface area contributed by atoms with E-state index in [2.05, 4.69) is 61.6 Å². The Morgan fingerprint density at radius 2 is 1.75 bits per heavy atom. The summed E-state index contributed by atoms with van der Waals surface area (Å²) >= 11 is 0. The highest BCUT2D eigenvalue weighted by Gasteiger charge is 2.10. The second-order valence-corrected chi connectivity index (χ2v) is 5.26. The van der Waals surface area contributed by atoms with Crippen molar-refractivity contribution < 1.29 is 4.74 Å². The number of nitrogens with one attached hydrogen (secondary N) is 1. The first-order valence-electron chi connectivity index (χ1n) is 7.13. The number of hydrogen-bond acceptors (Lipinski definition) is 2. The van der Waals surface area contributed by atoms with E-state index in [1.807, 2.05) is 12.1 Å².